The molecule has 0 N–H and O–H groups in total. The molecule has 0 amide bonds. The number of aldehydes is 1. The Balaban J connectivity index is 0.000000141. The second kappa shape index (κ2) is 5.96. The average Bonchev–Trinajstić information content (AvgIpc) is 2.82. The van der Waals surface area contributed by atoms with Crippen molar-refractivity contribution in [2.24, 2.45) is 7.05 Å². The SMILES string of the molecule is Cc1cccc(C=O)c1.Cn1cnc2ccccc21. The van der Waals surface area contributed by atoms with Crippen molar-refractivity contribution in [2.45, 2.75) is 6.92 Å². The van der Waals surface area contributed by atoms with Gasteiger partial charge in [-0.2, -0.15) is 0 Å². The number of imidazole rings is 1. The number of aryl methyl sites for hydroxylation is 2. The van der Waals surface area contributed by atoms with Crippen LogP contribution in [0.4, 0.5) is 0 Å². The first-order chi connectivity index (χ1) is 9.20. The molecule has 0 aliphatic rings. The number of carbonyl (C=O) groups is 1. The van der Waals surface area contributed by atoms with Crippen LogP contribution in [0.3, 0.4) is 0 Å². The fraction of sp³-hybridized carbons (Fsp3) is 0.125. The third-order valence-corrected chi connectivity index (χ3v) is 2.81. The summed E-state index contributed by atoms with van der Waals surface area (Å²) in [4.78, 5) is 14.3. The molecule has 0 fully saturated rings. The minimum Gasteiger partial charge on any atom is -0.334 e. The van der Waals surface area contributed by atoms with E-state index in [-0.39, 0.29) is 0 Å². The highest BCUT2D eigenvalue weighted by molar-refractivity contribution is 5.75. The molecule has 2 aromatic carbocycles. The molecule has 3 rings (SSSR count). The Bertz CT molecular complexity index is 686. The smallest absolute Gasteiger partial charge is 0.150 e. The topological polar surface area (TPSA) is 34.9 Å². The Labute approximate surface area is 112 Å². The minimum atomic E-state index is 0.745. The molecule has 0 spiro atoms. The van der Waals surface area contributed by atoms with E-state index in [9.17, 15) is 4.79 Å². The van der Waals surface area contributed by atoms with Gasteiger partial charge in [-0.3, -0.25) is 4.79 Å². The van der Waals surface area contributed by atoms with E-state index in [2.05, 4.69) is 11.1 Å². The van der Waals surface area contributed by atoms with Crippen LogP contribution in [0.5, 0.6) is 0 Å². The van der Waals surface area contributed by atoms with Gasteiger partial charge in [0.05, 0.1) is 17.4 Å². The number of para-hydroxylation sites is 2. The van der Waals surface area contributed by atoms with Crippen LogP contribution in [0, 0.1) is 6.92 Å². The van der Waals surface area contributed by atoms with Gasteiger partial charge < -0.3 is 4.57 Å². The molecule has 19 heavy (non-hydrogen) atoms. The molecule has 0 saturated heterocycles. The van der Waals surface area contributed by atoms with E-state index < -0.39 is 0 Å². The van der Waals surface area contributed by atoms with Gasteiger partial charge in [-0.1, -0.05) is 35.9 Å². The first-order valence-corrected chi connectivity index (χ1v) is 6.08. The molecule has 0 aliphatic carbocycles. The van der Waals surface area contributed by atoms with Crippen molar-refractivity contribution in [1.82, 2.24) is 9.55 Å². The number of aromatic nitrogens is 2. The largest absolute Gasteiger partial charge is 0.334 e. The molecule has 0 bridgehead atoms. The van der Waals surface area contributed by atoms with Crippen LogP contribution in [0.1, 0.15) is 15.9 Å². The number of carbonyl (C=O) groups excluding carboxylic acids is 1. The van der Waals surface area contributed by atoms with E-state index in [0.717, 1.165) is 22.9 Å². The zero-order valence-electron chi connectivity index (χ0n) is 11.1. The summed E-state index contributed by atoms with van der Waals surface area (Å²) < 4.78 is 2.01. The highest BCUT2D eigenvalue weighted by atomic mass is 16.1. The first-order valence-electron chi connectivity index (χ1n) is 6.08. The summed E-state index contributed by atoms with van der Waals surface area (Å²) in [6, 6.07) is 15.6. The van der Waals surface area contributed by atoms with Crippen molar-refractivity contribution in [3.8, 4) is 0 Å². The Morgan fingerprint density at radius 2 is 1.89 bits per heavy atom. The van der Waals surface area contributed by atoms with Crippen LogP contribution >= 0.6 is 0 Å². The third kappa shape index (κ3) is 3.28. The Morgan fingerprint density at radius 3 is 2.53 bits per heavy atom. The van der Waals surface area contributed by atoms with Crippen molar-refractivity contribution in [1.29, 1.82) is 0 Å². The van der Waals surface area contributed by atoms with Gasteiger partial charge in [0, 0.05) is 12.6 Å². The second-order valence-corrected chi connectivity index (χ2v) is 4.38. The second-order valence-electron chi connectivity index (χ2n) is 4.38. The number of fused-ring (bicyclic) bond motifs is 1. The van der Waals surface area contributed by atoms with Gasteiger partial charge in [-0.25, -0.2) is 4.98 Å². The van der Waals surface area contributed by atoms with E-state index in [0.29, 0.717) is 0 Å². The Morgan fingerprint density at radius 1 is 1.11 bits per heavy atom. The molecular weight excluding hydrogens is 236 g/mol. The number of nitrogens with zero attached hydrogens (tertiary/aromatic N) is 2. The Hall–Kier alpha value is -2.42. The predicted octanol–water partition coefficient (Wildman–Crippen LogP) is 3.38. The maximum atomic E-state index is 10.2. The zero-order valence-corrected chi connectivity index (χ0v) is 11.1. The van der Waals surface area contributed by atoms with Crippen LogP contribution in [0.25, 0.3) is 11.0 Å². The molecule has 1 heterocycles. The standard InChI is InChI=1S/C8H8N2.C8H8O/c1-10-6-9-7-4-2-3-5-8(7)10;1-7-3-2-4-8(5-7)6-9/h2-6H,1H3;2-6H,1H3. The van der Waals surface area contributed by atoms with Gasteiger partial charge in [0.2, 0.25) is 0 Å². The molecule has 1 aromatic heterocycles. The van der Waals surface area contributed by atoms with E-state index in [1.165, 1.54) is 5.52 Å². The molecule has 0 aliphatic heterocycles. The monoisotopic (exact) mass is 252 g/mol. The lowest BCUT2D eigenvalue weighted by molar-refractivity contribution is 0.112. The van der Waals surface area contributed by atoms with Gasteiger partial charge in [0.25, 0.3) is 0 Å². The summed E-state index contributed by atoms with van der Waals surface area (Å²) in [5.41, 5.74) is 4.11. The van der Waals surface area contributed by atoms with Gasteiger partial charge in [0.15, 0.2) is 0 Å². The molecule has 0 radical (unpaired) electrons. The predicted molar refractivity (Wildman–Crippen MR) is 77.3 cm³/mol. The van der Waals surface area contributed by atoms with Gasteiger partial charge in [-0.15, -0.1) is 0 Å². The van der Waals surface area contributed by atoms with Crippen molar-refractivity contribution in [3.05, 3.63) is 66.0 Å². The van der Waals surface area contributed by atoms with Gasteiger partial charge in [0.1, 0.15) is 6.29 Å². The summed E-state index contributed by atoms with van der Waals surface area (Å²) in [6.45, 7) is 1.97. The molecule has 3 nitrogen and oxygen atoms in total. The normalized spacial score (nSPS) is 9.79. The Kier molecular flexibility index (Phi) is 4.08. The van der Waals surface area contributed by atoms with E-state index in [1.54, 1.807) is 6.07 Å². The van der Waals surface area contributed by atoms with Crippen LogP contribution in [-0.4, -0.2) is 15.8 Å². The van der Waals surface area contributed by atoms with Crippen LogP contribution in [0.15, 0.2) is 54.9 Å². The summed E-state index contributed by atoms with van der Waals surface area (Å²) in [7, 11) is 2.00. The van der Waals surface area contributed by atoms with Gasteiger partial charge >= 0.3 is 0 Å². The summed E-state index contributed by atoms with van der Waals surface area (Å²) >= 11 is 0. The lowest BCUT2D eigenvalue weighted by Gasteiger charge is -1.90. The summed E-state index contributed by atoms with van der Waals surface area (Å²) in [5.74, 6) is 0. The fourth-order valence-corrected chi connectivity index (χ4v) is 1.83. The molecule has 3 heteroatoms. The highest BCUT2D eigenvalue weighted by Crippen LogP contribution is 2.08. The molecule has 0 saturated carbocycles. The fourth-order valence-electron chi connectivity index (χ4n) is 1.83. The van der Waals surface area contributed by atoms with Crippen LogP contribution in [0.2, 0.25) is 0 Å². The van der Waals surface area contributed by atoms with E-state index >= 15 is 0 Å². The number of hydrogen-bond acceptors (Lipinski definition) is 2. The maximum absolute atomic E-state index is 10.2. The molecule has 96 valence electrons. The molecular formula is C16H16N2O. The molecule has 0 unspecified atom stereocenters. The molecule has 0 atom stereocenters. The minimum absolute atomic E-state index is 0.745. The van der Waals surface area contributed by atoms with Crippen molar-refractivity contribution < 1.29 is 4.79 Å². The zero-order chi connectivity index (χ0) is 13.7. The highest BCUT2D eigenvalue weighted by Gasteiger charge is 1.93. The third-order valence-electron chi connectivity index (χ3n) is 2.81. The summed E-state index contributed by atoms with van der Waals surface area (Å²) in [5, 5.41) is 0. The molecule has 3 aromatic rings. The van der Waals surface area contributed by atoms with E-state index in [4.69, 9.17) is 0 Å². The van der Waals surface area contributed by atoms with Gasteiger partial charge in [-0.05, 0) is 25.1 Å². The lowest BCUT2D eigenvalue weighted by atomic mass is 10.2. The maximum Gasteiger partial charge on any atom is 0.150 e. The first kappa shape index (κ1) is 13.0. The number of hydrogen-bond donors (Lipinski definition) is 0. The summed E-state index contributed by atoms with van der Waals surface area (Å²) in [6.07, 6.45) is 2.68. The van der Waals surface area contributed by atoms with Crippen LogP contribution < -0.4 is 0 Å². The lowest BCUT2D eigenvalue weighted by Crippen LogP contribution is -1.81. The van der Waals surface area contributed by atoms with Crippen molar-refractivity contribution in [3.63, 3.8) is 0 Å². The number of benzene rings is 2. The number of rotatable bonds is 1. The quantitative estimate of drug-likeness (QED) is 0.622. The van der Waals surface area contributed by atoms with Crippen LogP contribution in [-0.2, 0) is 7.05 Å². The van der Waals surface area contributed by atoms with Crippen molar-refractivity contribution >= 4 is 17.3 Å². The average molecular weight is 252 g/mol. The van der Waals surface area contributed by atoms with Crippen molar-refractivity contribution in [2.75, 3.05) is 0 Å². The van der Waals surface area contributed by atoms with E-state index in [1.807, 2.05) is 61.3 Å².